The zero-order valence-corrected chi connectivity index (χ0v) is 17.3. The Kier molecular flexibility index (Phi) is 7.16. The first kappa shape index (κ1) is 23.6. The van der Waals surface area contributed by atoms with Crippen molar-refractivity contribution in [2.24, 2.45) is 0 Å². The van der Waals surface area contributed by atoms with Gasteiger partial charge in [0.2, 0.25) is 11.8 Å². The number of hydrogen-bond donors (Lipinski definition) is 3. The van der Waals surface area contributed by atoms with Crippen molar-refractivity contribution in [3.8, 4) is 0 Å². The molecule has 2 aliphatic rings. The second-order valence-corrected chi connectivity index (χ2v) is 7.48. The molecule has 0 aromatic heterocycles. The van der Waals surface area contributed by atoms with Crippen molar-refractivity contribution < 1.29 is 38.3 Å². The predicted octanol–water partition coefficient (Wildman–Crippen LogP) is -0.265. The zero-order chi connectivity index (χ0) is 24.1. The average molecular weight is 460 g/mol. The molecule has 1 fully saturated rings. The van der Waals surface area contributed by atoms with Crippen LogP contribution in [0.5, 0.6) is 0 Å². The molecule has 1 aromatic rings. The van der Waals surface area contributed by atoms with Gasteiger partial charge >= 0.3 is 5.97 Å². The summed E-state index contributed by atoms with van der Waals surface area (Å²) in [5.74, 6) is -4.77. The van der Waals surface area contributed by atoms with E-state index in [0.717, 1.165) is 22.2 Å². The van der Waals surface area contributed by atoms with E-state index in [0.29, 0.717) is 0 Å². The van der Waals surface area contributed by atoms with Crippen LogP contribution in [0, 0.1) is 5.82 Å². The van der Waals surface area contributed by atoms with Gasteiger partial charge in [-0.2, -0.15) is 0 Å². The fraction of sp³-hybridized carbons (Fsp3) is 0.333. The fourth-order valence-electron chi connectivity index (χ4n) is 3.56. The standard InChI is InChI=1S/C21H21FN4O7/c22-13-4-1-3-12(9-13)19(31)24-15-6-7-17(28)25-8-2-5-16(26(25)21(15)33)20(32)23-14(11-27)10-18(29)30/h1-4,8-9,11,14-16H,5-7,10H2,(H,23,32)(H,24,31)(H,29,30)/t14-,15-,16-/m0/s1. The van der Waals surface area contributed by atoms with Gasteiger partial charge in [-0.25, -0.2) is 14.4 Å². The lowest BCUT2D eigenvalue weighted by Gasteiger charge is -2.39. The summed E-state index contributed by atoms with van der Waals surface area (Å²) >= 11 is 0. The molecule has 1 saturated heterocycles. The molecule has 3 rings (SSSR count). The Morgan fingerprint density at radius 1 is 1.27 bits per heavy atom. The van der Waals surface area contributed by atoms with E-state index in [1.165, 1.54) is 24.4 Å². The molecule has 12 heteroatoms. The van der Waals surface area contributed by atoms with Gasteiger partial charge < -0.3 is 20.5 Å². The van der Waals surface area contributed by atoms with E-state index >= 15 is 0 Å². The van der Waals surface area contributed by atoms with E-state index in [9.17, 15) is 33.2 Å². The van der Waals surface area contributed by atoms with Crippen LogP contribution in [-0.2, 0) is 24.0 Å². The highest BCUT2D eigenvalue weighted by Gasteiger charge is 2.43. The van der Waals surface area contributed by atoms with Gasteiger partial charge in [0.15, 0.2) is 0 Å². The quantitative estimate of drug-likeness (QED) is 0.474. The van der Waals surface area contributed by atoms with Gasteiger partial charge in [-0.15, -0.1) is 0 Å². The van der Waals surface area contributed by atoms with Crippen LogP contribution in [0.25, 0.3) is 0 Å². The number of aliphatic carboxylic acids is 1. The molecule has 174 valence electrons. The van der Waals surface area contributed by atoms with Crippen LogP contribution >= 0.6 is 0 Å². The highest BCUT2D eigenvalue weighted by atomic mass is 19.1. The van der Waals surface area contributed by atoms with E-state index in [1.54, 1.807) is 0 Å². The van der Waals surface area contributed by atoms with Gasteiger partial charge in [-0.1, -0.05) is 12.1 Å². The summed E-state index contributed by atoms with van der Waals surface area (Å²) in [5, 5.41) is 15.5. The van der Waals surface area contributed by atoms with Gasteiger partial charge in [0, 0.05) is 18.2 Å². The van der Waals surface area contributed by atoms with Crippen molar-refractivity contribution in [3.63, 3.8) is 0 Å². The van der Waals surface area contributed by atoms with Gasteiger partial charge in [-0.05, 0) is 31.0 Å². The number of nitrogens with zero attached hydrogens (tertiary/aromatic N) is 2. The summed E-state index contributed by atoms with van der Waals surface area (Å²) in [5.41, 5.74) is -0.0226. The molecule has 0 saturated carbocycles. The number of carboxylic acid groups (broad SMARTS) is 1. The normalized spacial score (nSPS) is 21.0. The molecule has 1 aromatic carbocycles. The van der Waals surface area contributed by atoms with Crippen LogP contribution in [-0.4, -0.2) is 69.1 Å². The van der Waals surface area contributed by atoms with Crippen molar-refractivity contribution in [2.45, 2.75) is 43.8 Å². The summed E-state index contributed by atoms with van der Waals surface area (Å²) in [7, 11) is 0. The number of benzene rings is 1. The Balaban J connectivity index is 1.82. The molecule has 33 heavy (non-hydrogen) atoms. The van der Waals surface area contributed by atoms with E-state index in [2.05, 4.69) is 10.6 Å². The lowest BCUT2D eigenvalue weighted by atomic mass is 10.1. The highest BCUT2D eigenvalue weighted by Crippen LogP contribution is 2.24. The third-order valence-corrected chi connectivity index (χ3v) is 5.14. The van der Waals surface area contributed by atoms with E-state index < -0.39 is 60.0 Å². The van der Waals surface area contributed by atoms with Gasteiger partial charge in [0.25, 0.3) is 11.8 Å². The number of fused-ring (bicyclic) bond motifs is 1. The van der Waals surface area contributed by atoms with Gasteiger partial charge in [0.1, 0.15) is 24.2 Å². The molecule has 0 radical (unpaired) electrons. The van der Waals surface area contributed by atoms with Crippen molar-refractivity contribution in [3.05, 3.63) is 47.9 Å². The van der Waals surface area contributed by atoms with Crippen LogP contribution in [0.2, 0.25) is 0 Å². The first-order chi connectivity index (χ1) is 15.7. The minimum Gasteiger partial charge on any atom is -0.481 e. The number of nitrogens with one attached hydrogen (secondary N) is 2. The maximum atomic E-state index is 13.5. The third kappa shape index (κ3) is 5.40. The lowest BCUT2D eigenvalue weighted by Crippen LogP contribution is -2.62. The number of aldehydes is 1. The number of carbonyl (C=O) groups is 6. The molecule has 0 aliphatic carbocycles. The second kappa shape index (κ2) is 10.0. The van der Waals surface area contributed by atoms with Crippen molar-refractivity contribution in [2.75, 3.05) is 0 Å². The fourth-order valence-corrected chi connectivity index (χ4v) is 3.56. The molecule has 0 unspecified atom stereocenters. The summed E-state index contributed by atoms with van der Waals surface area (Å²) in [6.07, 6.45) is 2.25. The molecule has 3 N–H and O–H groups in total. The highest BCUT2D eigenvalue weighted by molar-refractivity contribution is 6.00. The topological polar surface area (TPSA) is 153 Å². The summed E-state index contributed by atoms with van der Waals surface area (Å²) in [4.78, 5) is 73.2. The monoisotopic (exact) mass is 460 g/mol. The van der Waals surface area contributed by atoms with Crippen LogP contribution in [0.1, 0.15) is 36.0 Å². The Morgan fingerprint density at radius 2 is 2.03 bits per heavy atom. The van der Waals surface area contributed by atoms with Crippen LogP contribution < -0.4 is 10.6 Å². The summed E-state index contributed by atoms with van der Waals surface area (Å²) in [6, 6.07) is 1.09. The number of carbonyl (C=O) groups excluding carboxylic acids is 5. The number of halogens is 1. The first-order valence-corrected chi connectivity index (χ1v) is 10.1. The molecule has 4 amide bonds. The molecule has 3 atom stereocenters. The SMILES string of the molecule is O=C[C@H](CC(=O)O)NC(=O)[C@@H]1CC=CN2C(=O)CC[C@H](NC(=O)c3cccc(F)c3)C(=O)N12. The number of hydrazine groups is 1. The number of rotatable bonds is 7. The Hall–Kier alpha value is -4.09. The van der Waals surface area contributed by atoms with Crippen molar-refractivity contribution >= 4 is 35.9 Å². The minimum atomic E-state index is -1.32. The molecule has 11 nitrogen and oxygen atoms in total. The van der Waals surface area contributed by atoms with Gasteiger partial charge in [-0.3, -0.25) is 24.0 Å². The van der Waals surface area contributed by atoms with Crippen molar-refractivity contribution in [1.29, 1.82) is 0 Å². The Morgan fingerprint density at radius 3 is 2.70 bits per heavy atom. The minimum absolute atomic E-state index is 0.00936. The maximum Gasteiger partial charge on any atom is 0.305 e. The zero-order valence-electron chi connectivity index (χ0n) is 17.3. The number of carboxylic acids is 1. The molecular formula is C21H21FN4O7. The molecule has 2 aliphatic heterocycles. The van der Waals surface area contributed by atoms with Crippen LogP contribution in [0.15, 0.2) is 36.5 Å². The number of amides is 4. The maximum absolute atomic E-state index is 13.5. The van der Waals surface area contributed by atoms with Crippen LogP contribution in [0.4, 0.5) is 4.39 Å². The van der Waals surface area contributed by atoms with E-state index in [4.69, 9.17) is 5.11 Å². The van der Waals surface area contributed by atoms with E-state index in [-0.39, 0.29) is 31.1 Å². The van der Waals surface area contributed by atoms with Crippen LogP contribution in [0.3, 0.4) is 0 Å². The summed E-state index contributed by atoms with van der Waals surface area (Å²) in [6.45, 7) is 0. The molecule has 2 heterocycles. The van der Waals surface area contributed by atoms with Crippen molar-refractivity contribution in [1.82, 2.24) is 20.7 Å². The lowest BCUT2D eigenvalue weighted by molar-refractivity contribution is -0.166. The Labute approximate surface area is 187 Å². The predicted molar refractivity (Wildman–Crippen MR) is 108 cm³/mol. The molecule has 0 spiro atoms. The molecular weight excluding hydrogens is 439 g/mol. The number of hydrogen-bond acceptors (Lipinski definition) is 6. The smallest absolute Gasteiger partial charge is 0.305 e. The second-order valence-electron chi connectivity index (χ2n) is 7.48. The third-order valence-electron chi connectivity index (χ3n) is 5.14. The molecule has 0 bridgehead atoms. The Bertz CT molecular complexity index is 1030. The largest absolute Gasteiger partial charge is 0.481 e. The first-order valence-electron chi connectivity index (χ1n) is 10.1. The van der Waals surface area contributed by atoms with E-state index in [1.807, 2.05) is 0 Å². The summed E-state index contributed by atoms with van der Waals surface area (Å²) < 4.78 is 13.5. The van der Waals surface area contributed by atoms with Gasteiger partial charge in [0.05, 0.1) is 12.5 Å². The average Bonchev–Trinajstić information content (AvgIpc) is 2.90.